The van der Waals surface area contributed by atoms with E-state index in [1.807, 2.05) is 35.2 Å². The molecule has 0 bridgehead atoms. The molecule has 1 amide bonds. The minimum Gasteiger partial charge on any atom is -0.497 e. The third-order valence-electron chi connectivity index (χ3n) is 5.59. The molecule has 6 heteroatoms. The Hall–Kier alpha value is -2.86. The van der Waals surface area contributed by atoms with Gasteiger partial charge in [0.2, 0.25) is 5.91 Å². The number of methoxy groups -OCH3 is 2. The normalized spacial score (nSPS) is 16.0. The first-order valence-electron chi connectivity index (χ1n) is 10.4. The quantitative estimate of drug-likeness (QED) is 0.481. The Morgan fingerprint density at radius 2 is 1.93 bits per heavy atom. The van der Waals surface area contributed by atoms with E-state index in [0.717, 1.165) is 50.2 Å². The zero-order chi connectivity index (χ0) is 21.3. The highest BCUT2D eigenvalue weighted by Gasteiger charge is 2.29. The molecule has 160 valence electrons. The van der Waals surface area contributed by atoms with Gasteiger partial charge in [-0.1, -0.05) is 24.3 Å². The monoisotopic (exact) mass is 410 g/mol. The molecule has 6 nitrogen and oxygen atoms in total. The van der Waals surface area contributed by atoms with Crippen LogP contribution in [0.1, 0.15) is 40.7 Å². The van der Waals surface area contributed by atoms with E-state index >= 15 is 0 Å². The van der Waals surface area contributed by atoms with Crippen LogP contribution in [-0.2, 0) is 22.5 Å². The predicted molar refractivity (Wildman–Crippen MR) is 116 cm³/mol. The second-order valence-corrected chi connectivity index (χ2v) is 7.54. The Morgan fingerprint density at radius 1 is 1.13 bits per heavy atom. The first kappa shape index (κ1) is 21.8. The first-order valence-corrected chi connectivity index (χ1v) is 10.4. The molecule has 3 rings (SSSR count). The van der Waals surface area contributed by atoms with Crippen LogP contribution in [0.3, 0.4) is 0 Å². The van der Waals surface area contributed by atoms with Crippen LogP contribution in [0.25, 0.3) is 0 Å². The van der Waals surface area contributed by atoms with Crippen LogP contribution in [0.5, 0.6) is 5.75 Å². The molecule has 1 aliphatic rings. The number of amides is 1. The fraction of sp³-hybridized carbons (Fsp3) is 0.417. The molecule has 2 aromatic carbocycles. The lowest BCUT2D eigenvalue weighted by atomic mass is 10.1. The number of esters is 1. The summed E-state index contributed by atoms with van der Waals surface area (Å²) in [5.74, 6) is 0.774. The van der Waals surface area contributed by atoms with E-state index in [1.165, 1.54) is 12.7 Å². The van der Waals surface area contributed by atoms with E-state index in [1.54, 1.807) is 19.2 Å². The Bertz CT molecular complexity index is 851. The van der Waals surface area contributed by atoms with Crippen molar-refractivity contribution >= 4 is 11.9 Å². The Labute approximate surface area is 178 Å². The summed E-state index contributed by atoms with van der Waals surface area (Å²) in [4.78, 5) is 25.9. The maximum atomic E-state index is 12.3. The molecule has 0 unspecified atom stereocenters. The zero-order valence-corrected chi connectivity index (χ0v) is 17.7. The number of nitrogens with one attached hydrogen (secondary N) is 1. The van der Waals surface area contributed by atoms with Crippen LogP contribution >= 0.6 is 0 Å². The van der Waals surface area contributed by atoms with Gasteiger partial charge in [0.25, 0.3) is 0 Å². The molecule has 0 aliphatic carbocycles. The fourth-order valence-electron chi connectivity index (χ4n) is 3.86. The van der Waals surface area contributed by atoms with Crippen molar-refractivity contribution in [2.75, 3.05) is 27.3 Å². The molecule has 2 aromatic rings. The molecule has 1 N–H and O–H groups in total. The summed E-state index contributed by atoms with van der Waals surface area (Å²) in [6.07, 6.45) is 3.33. The molecule has 1 heterocycles. The highest BCUT2D eigenvalue weighted by Crippen LogP contribution is 2.22. The smallest absolute Gasteiger partial charge is 0.337 e. The number of nitrogens with zero attached hydrogens (tertiary/aromatic N) is 1. The van der Waals surface area contributed by atoms with Crippen LogP contribution in [0.2, 0.25) is 0 Å². The highest BCUT2D eigenvalue weighted by atomic mass is 16.5. The van der Waals surface area contributed by atoms with Gasteiger partial charge in [-0.3, -0.25) is 4.79 Å². The average molecular weight is 411 g/mol. The van der Waals surface area contributed by atoms with E-state index in [0.29, 0.717) is 12.0 Å². The Balaban J connectivity index is 1.43. The average Bonchev–Trinajstić information content (AvgIpc) is 3.14. The molecule has 30 heavy (non-hydrogen) atoms. The van der Waals surface area contributed by atoms with Crippen molar-refractivity contribution in [3.05, 3.63) is 65.2 Å². The highest BCUT2D eigenvalue weighted by molar-refractivity contribution is 5.89. The van der Waals surface area contributed by atoms with Gasteiger partial charge < -0.3 is 19.7 Å². The maximum absolute atomic E-state index is 12.3. The number of ether oxygens (including phenoxy) is 2. The lowest BCUT2D eigenvalue weighted by Crippen LogP contribution is -2.36. The fourth-order valence-corrected chi connectivity index (χ4v) is 3.86. The van der Waals surface area contributed by atoms with Crippen LogP contribution in [-0.4, -0.2) is 50.1 Å². The largest absolute Gasteiger partial charge is 0.497 e. The first-order chi connectivity index (χ1) is 14.6. The van der Waals surface area contributed by atoms with Gasteiger partial charge in [-0.25, -0.2) is 4.79 Å². The summed E-state index contributed by atoms with van der Waals surface area (Å²) in [6, 6.07) is 15.7. The Morgan fingerprint density at radius 3 is 2.67 bits per heavy atom. The number of carbonyl (C=O) groups is 2. The van der Waals surface area contributed by atoms with E-state index in [-0.39, 0.29) is 17.9 Å². The van der Waals surface area contributed by atoms with Crippen LogP contribution in [0.4, 0.5) is 0 Å². The maximum Gasteiger partial charge on any atom is 0.337 e. The van der Waals surface area contributed by atoms with Crippen LogP contribution in [0.15, 0.2) is 48.5 Å². The van der Waals surface area contributed by atoms with Gasteiger partial charge in [0.15, 0.2) is 0 Å². The zero-order valence-electron chi connectivity index (χ0n) is 17.7. The van der Waals surface area contributed by atoms with Crippen molar-refractivity contribution in [2.24, 2.45) is 0 Å². The number of carbonyl (C=O) groups excluding carboxylic acids is 2. The van der Waals surface area contributed by atoms with Gasteiger partial charge in [0, 0.05) is 25.6 Å². The van der Waals surface area contributed by atoms with Crippen LogP contribution < -0.4 is 10.1 Å². The molecule has 1 atom stereocenters. The lowest BCUT2D eigenvalue weighted by molar-refractivity contribution is -0.129. The minimum absolute atomic E-state index is 0.251. The van der Waals surface area contributed by atoms with E-state index in [2.05, 4.69) is 11.4 Å². The summed E-state index contributed by atoms with van der Waals surface area (Å²) < 4.78 is 10.00. The summed E-state index contributed by atoms with van der Waals surface area (Å²) in [7, 11) is 3.05. The third-order valence-corrected chi connectivity index (χ3v) is 5.59. The number of likely N-dealkylation sites (tertiary alicyclic amines) is 1. The van der Waals surface area contributed by atoms with E-state index < -0.39 is 0 Å². The Kier molecular flexibility index (Phi) is 7.85. The number of hydrogen-bond donors (Lipinski definition) is 1. The molecular weight excluding hydrogens is 380 g/mol. The van der Waals surface area contributed by atoms with Crippen molar-refractivity contribution in [3.8, 4) is 5.75 Å². The van der Waals surface area contributed by atoms with Gasteiger partial charge in [0.1, 0.15) is 5.75 Å². The molecule has 0 radical (unpaired) electrons. The van der Waals surface area contributed by atoms with Gasteiger partial charge in [-0.15, -0.1) is 0 Å². The summed E-state index contributed by atoms with van der Waals surface area (Å²) in [5, 5.41) is 3.44. The number of rotatable bonds is 10. The van der Waals surface area contributed by atoms with Gasteiger partial charge in [-0.05, 0) is 61.2 Å². The topological polar surface area (TPSA) is 67.9 Å². The van der Waals surface area contributed by atoms with Crippen molar-refractivity contribution in [2.45, 2.75) is 38.3 Å². The second kappa shape index (κ2) is 10.8. The molecule has 0 aromatic heterocycles. The molecule has 1 fully saturated rings. The predicted octanol–water partition coefficient (Wildman–Crippen LogP) is 3.20. The molecular formula is C24H30N2O4. The van der Waals surface area contributed by atoms with E-state index in [4.69, 9.17) is 9.47 Å². The summed E-state index contributed by atoms with van der Waals surface area (Å²) >= 11 is 0. The summed E-state index contributed by atoms with van der Waals surface area (Å²) in [5.41, 5.74) is 2.85. The minimum atomic E-state index is -0.325. The SMILES string of the molecule is COC(=O)c1ccc(CNCC[C@@H]2CCC(=O)N2CCc2cccc(OC)c2)cc1. The lowest BCUT2D eigenvalue weighted by Gasteiger charge is -2.25. The second-order valence-electron chi connectivity index (χ2n) is 7.54. The standard InChI is InChI=1S/C24H30N2O4/c1-29-22-5-3-4-18(16-22)13-15-26-21(10-11-23(26)27)12-14-25-17-19-6-8-20(9-7-19)24(28)30-2/h3-9,16,21,25H,10-15,17H2,1-2H3/t21-/m0/s1. The van der Waals surface area contributed by atoms with Gasteiger partial charge in [-0.2, -0.15) is 0 Å². The van der Waals surface area contributed by atoms with Crippen molar-refractivity contribution in [3.63, 3.8) is 0 Å². The van der Waals surface area contributed by atoms with Crippen LogP contribution in [0, 0.1) is 0 Å². The van der Waals surface area contributed by atoms with Crippen molar-refractivity contribution in [1.29, 1.82) is 0 Å². The summed E-state index contributed by atoms with van der Waals surface area (Å²) in [6.45, 7) is 2.31. The van der Waals surface area contributed by atoms with E-state index in [9.17, 15) is 9.59 Å². The molecule has 0 spiro atoms. The number of benzene rings is 2. The number of hydrogen-bond acceptors (Lipinski definition) is 5. The molecule has 0 saturated carbocycles. The van der Waals surface area contributed by atoms with Crippen molar-refractivity contribution < 1.29 is 19.1 Å². The molecule has 1 saturated heterocycles. The third kappa shape index (κ3) is 5.83. The molecule has 1 aliphatic heterocycles. The van der Waals surface area contributed by atoms with Crippen molar-refractivity contribution in [1.82, 2.24) is 10.2 Å². The van der Waals surface area contributed by atoms with Gasteiger partial charge >= 0.3 is 5.97 Å². The van der Waals surface area contributed by atoms with Gasteiger partial charge in [0.05, 0.1) is 19.8 Å².